The Balaban J connectivity index is 2.24. The smallest absolute Gasteiger partial charge is 0.273 e. The molecular weight excluding hydrogens is 322 g/mol. The van der Waals surface area contributed by atoms with Crippen LogP contribution in [0.15, 0.2) is 18.2 Å². The Morgan fingerprint density at radius 2 is 2.15 bits per heavy atom. The first-order valence-electron chi connectivity index (χ1n) is 6.68. The highest BCUT2D eigenvalue weighted by Gasteiger charge is 2.31. The van der Waals surface area contributed by atoms with Gasteiger partial charge in [0.25, 0.3) is 5.69 Å². The number of nitro groups is 1. The van der Waals surface area contributed by atoms with Crippen molar-refractivity contribution < 1.29 is 4.92 Å². The van der Waals surface area contributed by atoms with Crippen LogP contribution < -0.4 is 4.90 Å². The van der Waals surface area contributed by atoms with Crippen LogP contribution in [0.1, 0.15) is 12.5 Å². The first kappa shape index (κ1) is 15.3. The summed E-state index contributed by atoms with van der Waals surface area (Å²) in [5.41, 5.74) is 1.98. The van der Waals surface area contributed by atoms with Crippen molar-refractivity contribution in [2.45, 2.75) is 18.3 Å². The van der Waals surface area contributed by atoms with E-state index >= 15 is 0 Å². The molecule has 0 N–H and O–H groups in total. The van der Waals surface area contributed by atoms with E-state index in [0.717, 1.165) is 24.3 Å². The Hall–Kier alpha value is -1.14. The SMILES string of the molecule is CC1CN(c2ccc([N+](=O)[O-])c(CBr)c2)CC1N(C)C. The fourth-order valence-corrected chi connectivity index (χ4v) is 3.34. The molecule has 5 nitrogen and oxygen atoms in total. The molecule has 1 aliphatic heterocycles. The number of benzene rings is 1. The van der Waals surface area contributed by atoms with Crippen LogP contribution in [0.25, 0.3) is 0 Å². The zero-order valence-electron chi connectivity index (χ0n) is 12.0. The summed E-state index contributed by atoms with van der Waals surface area (Å²) in [5, 5.41) is 11.5. The van der Waals surface area contributed by atoms with E-state index in [-0.39, 0.29) is 10.6 Å². The van der Waals surface area contributed by atoms with Gasteiger partial charge in [0.2, 0.25) is 0 Å². The number of alkyl halides is 1. The van der Waals surface area contributed by atoms with Crippen molar-refractivity contribution in [1.29, 1.82) is 0 Å². The lowest BCUT2D eigenvalue weighted by atomic mass is 10.1. The van der Waals surface area contributed by atoms with Crippen LogP contribution in [0, 0.1) is 16.0 Å². The average Bonchev–Trinajstić information content (AvgIpc) is 2.80. The molecule has 1 fully saturated rings. The average molecular weight is 342 g/mol. The maximum Gasteiger partial charge on any atom is 0.273 e. The van der Waals surface area contributed by atoms with Gasteiger partial charge in [-0.05, 0) is 32.1 Å². The van der Waals surface area contributed by atoms with Crippen molar-refractivity contribution in [2.75, 3.05) is 32.1 Å². The lowest BCUT2D eigenvalue weighted by Gasteiger charge is -2.23. The zero-order valence-corrected chi connectivity index (χ0v) is 13.6. The van der Waals surface area contributed by atoms with Crippen LogP contribution in [0.4, 0.5) is 11.4 Å². The minimum atomic E-state index is -0.324. The minimum Gasteiger partial charge on any atom is -0.370 e. The molecule has 0 radical (unpaired) electrons. The quantitative estimate of drug-likeness (QED) is 0.480. The number of rotatable bonds is 4. The highest BCUT2D eigenvalue weighted by Crippen LogP contribution is 2.30. The summed E-state index contributed by atoms with van der Waals surface area (Å²) < 4.78 is 0. The fraction of sp³-hybridized carbons (Fsp3) is 0.571. The minimum absolute atomic E-state index is 0.182. The summed E-state index contributed by atoms with van der Waals surface area (Å²) >= 11 is 3.34. The van der Waals surface area contributed by atoms with Crippen molar-refractivity contribution in [2.24, 2.45) is 5.92 Å². The molecule has 110 valence electrons. The van der Waals surface area contributed by atoms with Crippen LogP contribution in [0.2, 0.25) is 0 Å². The Bertz CT molecular complexity index is 507. The monoisotopic (exact) mass is 341 g/mol. The molecule has 2 atom stereocenters. The second-order valence-corrected chi connectivity index (χ2v) is 6.18. The lowest BCUT2D eigenvalue weighted by Crippen LogP contribution is -2.34. The second kappa shape index (κ2) is 6.10. The van der Waals surface area contributed by atoms with Gasteiger partial charge >= 0.3 is 0 Å². The molecule has 1 aromatic rings. The van der Waals surface area contributed by atoms with E-state index < -0.39 is 0 Å². The van der Waals surface area contributed by atoms with Crippen molar-refractivity contribution >= 4 is 27.3 Å². The topological polar surface area (TPSA) is 49.6 Å². The third-order valence-corrected chi connectivity index (χ3v) is 4.61. The van der Waals surface area contributed by atoms with Gasteiger partial charge in [-0.15, -0.1) is 0 Å². The number of likely N-dealkylation sites (N-methyl/N-ethyl adjacent to an activating group) is 1. The van der Waals surface area contributed by atoms with Crippen LogP contribution in [0.5, 0.6) is 0 Å². The van der Waals surface area contributed by atoms with Crippen molar-refractivity contribution in [1.82, 2.24) is 4.90 Å². The van der Waals surface area contributed by atoms with E-state index in [2.05, 4.69) is 46.7 Å². The number of halogens is 1. The molecule has 2 unspecified atom stereocenters. The van der Waals surface area contributed by atoms with E-state index in [9.17, 15) is 10.1 Å². The molecule has 0 aliphatic carbocycles. The van der Waals surface area contributed by atoms with Crippen molar-refractivity contribution in [3.05, 3.63) is 33.9 Å². The predicted octanol–water partition coefficient (Wildman–Crippen LogP) is 2.88. The number of nitro benzene ring substituents is 1. The van der Waals surface area contributed by atoms with Gasteiger partial charge < -0.3 is 9.80 Å². The Morgan fingerprint density at radius 1 is 1.45 bits per heavy atom. The fourth-order valence-electron chi connectivity index (χ4n) is 2.89. The predicted molar refractivity (Wildman–Crippen MR) is 84.6 cm³/mol. The summed E-state index contributed by atoms with van der Waals surface area (Å²) in [5.74, 6) is 0.590. The summed E-state index contributed by atoms with van der Waals surface area (Å²) in [4.78, 5) is 15.2. The van der Waals surface area contributed by atoms with Gasteiger partial charge in [-0.2, -0.15) is 0 Å². The molecule has 2 rings (SSSR count). The van der Waals surface area contributed by atoms with Gasteiger partial charge in [-0.25, -0.2) is 0 Å². The summed E-state index contributed by atoms with van der Waals surface area (Å²) in [6.07, 6.45) is 0. The Kier molecular flexibility index (Phi) is 4.65. The lowest BCUT2D eigenvalue weighted by molar-refractivity contribution is -0.385. The van der Waals surface area contributed by atoms with E-state index in [1.807, 2.05) is 12.1 Å². The Labute approximate surface area is 127 Å². The van der Waals surface area contributed by atoms with Gasteiger partial charge in [0.05, 0.1) is 4.92 Å². The van der Waals surface area contributed by atoms with Crippen molar-refractivity contribution in [3.63, 3.8) is 0 Å². The van der Waals surface area contributed by atoms with E-state index in [1.54, 1.807) is 6.07 Å². The van der Waals surface area contributed by atoms with E-state index in [1.165, 1.54) is 0 Å². The molecule has 20 heavy (non-hydrogen) atoms. The molecule has 0 bridgehead atoms. The highest BCUT2D eigenvalue weighted by molar-refractivity contribution is 9.08. The van der Waals surface area contributed by atoms with E-state index in [4.69, 9.17) is 0 Å². The number of hydrogen-bond acceptors (Lipinski definition) is 4. The van der Waals surface area contributed by atoms with Gasteiger partial charge in [0.1, 0.15) is 0 Å². The molecule has 1 aliphatic rings. The van der Waals surface area contributed by atoms with Crippen molar-refractivity contribution in [3.8, 4) is 0 Å². The third kappa shape index (κ3) is 2.96. The zero-order chi connectivity index (χ0) is 14.9. The van der Waals surface area contributed by atoms with Crippen LogP contribution in [-0.2, 0) is 5.33 Å². The number of nitrogens with zero attached hydrogens (tertiary/aromatic N) is 3. The molecule has 0 saturated carbocycles. The summed E-state index contributed by atoms with van der Waals surface area (Å²) in [6, 6.07) is 5.92. The molecule has 0 aromatic heterocycles. The summed E-state index contributed by atoms with van der Waals surface area (Å²) in [6.45, 7) is 4.21. The largest absolute Gasteiger partial charge is 0.370 e. The molecule has 0 amide bonds. The van der Waals surface area contributed by atoms with Crippen LogP contribution in [0.3, 0.4) is 0 Å². The second-order valence-electron chi connectivity index (χ2n) is 5.62. The van der Waals surface area contributed by atoms with Gasteiger partial charge in [-0.3, -0.25) is 10.1 Å². The molecule has 1 heterocycles. The Morgan fingerprint density at radius 3 is 2.65 bits per heavy atom. The standard InChI is InChI=1S/C14H20BrN3O2/c1-10-8-17(9-14(10)16(2)3)12-4-5-13(18(19)20)11(6-12)7-15/h4-6,10,14H,7-9H2,1-3H3. The van der Waals surface area contributed by atoms with Crippen LogP contribution in [-0.4, -0.2) is 43.0 Å². The van der Waals surface area contributed by atoms with Gasteiger partial charge in [-0.1, -0.05) is 22.9 Å². The number of anilines is 1. The summed E-state index contributed by atoms with van der Waals surface area (Å²) in [7, 11) is 4.20. The molecule has 0 spiro atoms. The molecular formula is C14H20BrN3O2. The number of hydrogen-bond donors (Lipinski definition) is 0. The molecule has 1 aromatic carbocycles. The molecule has 6 heteroatoms. The highest BCUT2D eigenvalue weighted by atomic mass is 79.9. The maximum absolute atomic E-state index is 11.0. The first-order chi connectivity index (χ1) is 9.43. The molecule has 1 saturated heterocycles. The van der Waals surface area contributed by atoms with Crippen LogP contribution >= 0.6 is 15.9 Å². The normalized spacial score (nSPS) is 22.6. The maximum atomic E-state index is 11.0. The van der Waals surface area contributed by atoms with E-state index in [0.29, 0.717) is 17.3 Å². The van der Waals surface area contributed by atoms with Gasteiger partial charge in [0, 0.05) is 41.8 Å². The third-order valence-electron chi connectivity index (χ3n) is 4.00. The first-order valence-corrected chi connectivity index (χ1v) is 7.80. The van der Waals surface area contributed by atoms with Gasteiger partial charge in [0.15, 0.2) is 0 Å².